The zero-order valence-corrected chi connectivity index (χ0v) is 11.0. The van der Waals surface area contributed by atoms with E-state index in [2.05, 4.69) is 26.2 Å². The van der Waals surface area contributed by atoms with Gasteiger partial charge in [-0.05, 0) is 42.8 Å². The van der Waals surface area contributed by atoms with Crippen LogP contribution in [0, 0.1) is 0 Å². The number of rotatable bonds is 1. The maximum Gasteiger partial charge on any atom is 0.413 e. The van der Waals surface area contributed by atoms with Crippen molar-refractivity contribution in [1.82, 2.24) is 4.98 Å². The molecule has 0 unspecified atom stereocenters. The lowest BCUT2D eigenvalue weighted by atomic mass is 10.2. The Morgan fingerprint density at radius 3 is 2.69 bits per heavy atom. The van der Waals surface area contributed by atoms with Crippen LogP contribution in [-0.4, -0.2) is 16.7 Å². The fourth-order valence-corrected chi connectivity index (χ4v) is 1.41. The molecule has 1 rings (SSSR count). The maximum absolute atomic E-state index is 11.4. The first-order chi connectivity index (χ1) is 7.28. The Bertz CT molecular complexity index is 402. The van der Waals surface area contributed by atoms with E-state index in [1.807, 2.05) is 0 Å². The van der Waals surface area contributed by atoms with Gasteiger partial charge >= 0.3 is 6.09 Å². The van der Waals surface area contributed by atoms with Crippen molar-refractivity contribution in [3.8, 4) is 0 Å². The number of nitrogens with two attached hydrogens (primary N) is 1. The normalized spacial score (nSPS) is 11.0. The van der Waals surface area contributed by atoms with E-state index in [0.29, 0.717) is 16.0 Å². The molecule has 88 valence electrons. The molecular weight excluding hydrogens is 274 g/mol. The van der Waals surface area contributed by atoms with Crippen LogP contribution in [0.2, 0.25) is 0 Å². The summed E-state index contributed by atoms with van der Waals surface area (Å²) in [5, 5.41) is 2.52. The second-order valence-electron chi connectivity index (χ2n) is 4.23. The molecule has 0 radical (unpaired) electrons. The van der Waals surface area contributed by atoms with Gasteiger partial charge in [-0.15, -0.1) is 0 Å². The van der Waals surface area contributed by atoms with Crippen LogP contribution < -0.4 is 11.1 Å². The fraction of sp³-hybridized carbons (Fsp3) is 0.400. The Hall–Kier alpha value is -1.30. The van der Waals surface area contributed by atoms with Crippen LogP contribution >= 0.6 is 15.9 Å². The van der Waals surface area contributed by atoms with Gasteiger partial charge in [-0.25, -0.2) is 9.78 Å². The average molecular weight is 288 g/mol. The third-order valence-corrected chi connectivity index (χ3v) is 2.09. The molecule has 0 bridgehead atoms. The van der Waals surface area contributed by atoms with Crippen LogP contribution in [0.4, 0.5) is 16.3 Å². The quantitative estimate of drug-likeness (QED) is 0.833. The summed E-state index contributed by atoms with van der Waals surface area (Å²) in [6.07, 6.45) is 0.905. The molecule has 5 nitrogen and oxygen atoms in total. The van der Waals surface area contributed by atoms with Crippen molar-refractivity contribution in [3.05, 3.63) is 16.7 Å². The second-order valence-corrected chi connectivity index (χ2v) is 5.08. The van der Waals surface area contributed by atoms with Crippen LogP contribution in [0.5, 0.6) is 0 Å². The lowest BCUT2D eigenvalue weighted by Crippen LogP contribution is -2.27. The van der Waals surface area contributed by atoms with Crippen LogP contribution in [0.3, 0.4) is 0 Å². The molecule has 16 heavy (non-hydrogen) atoms. The van der Waals surface area contributed by atoms with Crippen molar-refractivity contribution < 1.29 is 9.53 Å². The van der Waals surface area contributed by atoms with E-state index in [9.17, 15) is 4.79 Å². The number of ether oxygens (including phenoxy) is 1. The molecule has 0 fully saturated rings. The molecule has 0 aliphatic carbocycles. The van der Waals surface area contributed by atoms with E-state index in [1.165, 1.54) is 6.20 Å². The van der Waals surface area contributed by atoms with Crippen LogP contribution in [0.1, 0.15) is 20.8 Å². The van der Waals surface area contributed by atoms with Crippen molar-refractivity contribution >= 4 is 33.5 Å². The minimum atomic E-state index is -0.550. The Morgan fingerprint density at radius 1 is 1.56 bits per heavy atom. The number of pyridine rings is 1. The number of carbonyl (C=O) groups is 1. The monoisotopic (exact) mass is 287 g/mol. The lowest BCUT2D eigenvalue weighted by Gasteiger charge is -2.19. The molecule has 0 spiro atoms. The van der Waals surface area contributed by atoms with E-state index >= 15 is 0 Å². The van der Waals surface area contributed by atoms with Crippen LogP contribution in [0.15, 0.2) is 16.7 Å². The third kappa shape index (κ3) is 4.06. The second kappa shape index (κ2) is 4.69. The Kier molecular flexibility index (Phi) is 3.74. The molecule has 0 saturated heterocycles. The SMILES string of the molecule is CC(C)(C)OC(=O)Nc1ncc(N)cc1Br. The first-order valence-electron chi connectivity index (χ1n) is 4.69. The number of hydrogen-bond acceptors (Lipinski definition) is 4. The van der Waals surface area contributed by atoms with Gasteiger partial charge in [0, 0.05) is 0 Å². The van der Waals surface area contributed by atoms with Gasteiger partial charge in [0.15, 0.2) is 0 Å². The van der Waals surface area contributed by atoms with Crippen LogP contribution in [-0.2, 0) is 4.74 Å². The van der Waals surface area contributed by atoms with E-state index in [4.69, 9.17) is 10.5 Å². The molecule has 1 aromatic rings. The number of carbonyl (C=O) groups excluding carboxylic acids is 1. The van der Waals surface area contributed by atoms with Crippen molar-refractivity contribution in [2.45, 2.75) is 26.4 Å². The average Bonchev–Trinajstić information content (AvgIpc) is 2.06. The minimum Gasteiger partial charge on any atom is -0.444 e. The predicted octanol–water partition coefficient (Wildman–Crippen LogP) is 2.77. The number of nitrogen functional groups attached to an aromatic ring is 1. The van der Waals surface area contributed by atoms with Crippen molar-refractivity contribution in [3.63, 3.8) is 0 Å². The topological polar surface area (TPSA) is 77.2 Å². The minimum absolute atomic E-state index is 0.378. The molecular formula is C10H14BrN3O2. The number of nitrogens with zero attached hydrogens (tertiary/aromatic N) is 1. The summed E-state index contributed by atoms with van der Waals surface area (Å²) in [6, 6.07) is 1.65. The van der Waals surface area contributed by atoms with Gasteiger partial charge in [0.1, 0.15) is 11.4 Å². The number of aromatic nitrogens is 1. The highest BCUT2D eigenvalue weighted by Crippen LogP contribution is 2.22. The molecule has 1 heterocycles. The van der Waals surface area contributed by atoms with E-state index in [-0.39, 0.29) is 0 Å². The smallest absolute Gasteiger partial charge is 0.413 e. The molecule has 0 aliphatic heterocycles. The summed E-state index contributed by atoms with van der Waals surface area (Å²) in [5.41, 5.74) is 5.50. The highest BCUT2D eigenvalue weighted by molar-refractivity contribution is 9.10. The number of hydrogen-bond donors (Lipinski definition) is 2. The summed E-state index contributed by atoms with van der Waals surface area (Å²) in [7, 11) is 0. The maximum atomic E-state index is 11.4. The van der Waals surface area contributed by atoms with Crippen molar-refractivity contribution in [2.75, 3.05) is 11.1 Å². The van der Waals surface area contributed by atoms with E-state index in [1.54, 1.807) is 26.8 Å². The number of halogens is 1. The van der Waals surface area contributed by atoms with Gasteiger partial charge in [-0.2, -0.15) is 0 Å². The third-order valence-electron chi connectivity index (χ3n) is 1.48. The summed E-state index contributed by atoms with van der Waals surface area (Å²) >= 11 is 3.24. The Labute approximate surface area is 103 Å². The molecule has 1 aromatic heterocycles. The Balaban J connectivity index is 2.70. The number of anilines is 2. The number of amides is 1. The lowest BCUT2D eigenvalue weighted by molar-refractivity contribution is 0.0635. The molecule has 6 heteroatoms. The summed E-state index contributed by atoms with van der Waals surface area (Å²) in [6.45, 7) is 5.37. The van der Waals surface area contributed by atoms with Crippen LogP contribution in [0.25, 0.3) is 0 Å². The first-order valence-corrected chi connectivity index (χ1v) is 5.48. The van der Waals surface area contributed by atoms with E-state index < -0.39 is 11.7 Å². The highest BCUT2D eigenvalue weighted by atomic mass is 79.9. The molecule has 0 atom stereocenters. The van der Waals surface area contributed by atoms with Gasteiger partial charge < -0.3 is 10.5 Å². The number of nitrogens with one attached hydrogen (secondary N) is 1. The van der Waals surface area contributed by atoms with E-state index in [0.717, 1.165) is 0 Å². The molecule has 0 saturated carbocycles. The van der Waals surface area contributed by atoms with Crippen molar-refractivity contribution in [2.24, 2.45) is 0 Å². The summed E-state index contributed by atoms with van der Waals surface area (Å²) in [4.78, 5) is 15.4. The largest absolute Gasteiger partial charge is 0.444 e. The highest BCUT2D eigenvalue weighted by Gasteiger charge is 2.17. The molecule has 3 N–H and O–H groups in total. The first kappa shape index (κ1) is 12.8. The fourth-order valence-electron chi connectivity index (χ4n) is 0.945. The van der Waals surface area contributed by atoms with Crippen molar-refractivity contribution in [1.29, 1.82) is 0 Å². The summed E-state index contributed by atoms with van der Waals surface area (Å²) in [5.74, 6) is 0.378. The van der Waals surface area contributed by atoms with Gasteiger partial charge in [-0.1, -0.05) is 0 Å². The summed E-state index contributed by atoms with van der Waals surface area (Å²) < 4.78 is 5.69. The van der Waals surface area contributed by atoms with Gasteiger partial charge in [-0.3, -0.25) is 5.32 Å². The van der Waals surface area contributed by atoms with Gasteiger partial charge in [0.05, 0.1) is 16.4 Å². The zero-order chi connectivity index (χ0) is 12.3. The Morgan fingerprint density at radius 2 is 2.19 bits per heavy atom. The predicted molar refractivity (Wildman–Crippen MR) is 66.2 cm³/mol. The molecule has 1 amide bonds. The zero-order valence-electron chi connectivity index (χ0n) is 9.37. The van der Waals surface area contributed by atoms with Gasteiger partial charge in [0.25, 0.3) is 0 Å². The standard InChI is InChI=1S/C10H14BrN3O2/c1-10(2,3)16-9(15)14-8-7(11)4-6(12)5-13-8/h4-5H,12H2,1-3H3,(H,13,14,15). The molecule has 0 aliphatic rings. The molecule has 0 aromatic carbocycles. The van der Waals surface area contributed by atoms with Gasteiger partial charge in [0.2, 0.25) is 0 Å².